The van der Waals surface area contributed by atoms with Crippen LogP contribution in [0, 0.1) is 0 Å². The van der Waals surface area contributed by atoms with E-state index in [1.807, 2.05) is 0 Å². The van der Waals surface area contributed by atoms with Crippen molar-refractivity contribution >= 4 is 27.5 Å². The number of halogens is 1. The second-order valence-corrected chi connectivity index (χ2v) is 7.86. The molecule has 27 heavy (non-hydrogen) atoms. The number of nitrogens with one attached hydrogen (secondary N) is 2. The molecule has 1 amide bonds. The number of carbonyl (C=O) groups excluding carboxylic acids is 1. The summed E-state index contributed by atoms with van der Waals surface area (Å²) in [5.41, 5.74) is 2.73. The molecule has 0 aliphatic heterocycles. The average molecular weight is 405 g/mol. The van der Waals surface area contributed by atoms with Gasteiger partial charge in [0, 0.05) is 17.1 Å². The normalized spacial score (nSPS) is 11.3. The SMILES string of the molecule is NS(=O)(=O)c1ccc(CCNC(=O)c2cn[nH]c2-c2ccc(Cl)cc2)cc1. The Morgan fingerprint density at radius 3 is 2.41 bits per heavy atom. The van der Waals surface area contributed by atoms with Crippen molar-refractivity contribution in [1.82, 2.24) is 15.5 Å². The van der Waals surface area contributed by atoms with Crippen LogP contribution in [0.5, 0.6) is 0 Å². The molecule has 140 valence electrons. The fraction of sp³-hybridized carbons (Fsp3) is 0.111. The molecule has 0 bridgehead atoms. The van der Waals surface area contributed by atoms with Crippen LogP contribution in [-0.2, 0) is 16.4 Å². The summed E-state index contributed by atoms with van der Waals surface area (Å²) in [5.74, 6) is -0.255. The largest absolute Gasteiger partial charge is 0.352 e. The van der Waals surface area contributed by atoms with E-state index in [0.717, 1.165) is 11.1 Å². The lowest BCUT2D eigenvalue weighted by Gasteiger charge is -2.07. The molecule has 0 aliphatic rings. The van der Waals surface area contributed by atoms with Crippen LogP contribution >= 0.6 is 11.6 Å². The van der Waals surface area contributed by atoms with Crippen LogP contribution in [0.25, 0.3) is 11.3 Å². The minimum atomic E-state index is -3.71. The van der Waals surface area contributed by atoms with E-state index >= 15 is 0 Å². The molecular weight excluding hydrogens is 388 g/mol. The number of aromatic nitrogens is 2. The molecule has 1 aromatic heterocycles. The Balaban J connectivity index is 1.62. The van der Waals surface area contributed by atoms with Crippen LogP contribution in [0.3, 0.4) is 0 Å². The average Bonchev–Trinajstić information content (AvgIpc) is 3.12. The van der Waals surface area contributed by atoms with E-state index in [1.54, 1.807) is 36.4 Å². The molecule has 4 N–H and O–H groups in total. The lowest BCUT2D eigenvalue weighted by molar-refractivity contribution is 0.0955. The summed E-state index contributed by atoms with van der Waals surface area (Å²) in [5, 5.41) is 15.3. The number of nitrogens with zero attached hydrogens (tertiary/aromatic N) is 1. The first kappa shape index (κ1) is 19.1. The number of hydrogen-bond donors (Lipinski definition) is 3. The molecular formula is C18H17ClN4O3S. The van der Waals surface area contributed by atoms with Crippen molar-refractivity contribution in [3.63, 3.8) is 0 Å². The number of carbonyl (C=O) groups is 1. The fourth-order valence-electron chi connectivity index (χ4n) is 2.56. The minimum absolute atomic E-state index is 0.0567. The van der Waals surface area contributed by atoms with Crippen LogP contribution in [0.15, 0.2) is 59.6 Å². The van der Waals surface area contributed by atoms with Crippen molar-refractivity contribution in [3.8, 4) is 11.3 Å². The van der Waals surface area contributed by atoms with Gasteiger partial charge in [-0.25, -0.2) is 13.6 Å². The number of aromatic amines is 1. The van der Waals surface area contributed by atoms with Crippen molar-refractivity contribution < 1.29 is 13.2 Å². The summed E-state index contributed by atoms with van der Waals surface area (Å²) in [6.07, 6.45) is 2.02. The topological polar surface area (TPSA) is 118 Å². The predicted molar refractivity (Wildman–Crippen MR) is 103 cm³/mol. The summed E-state index contributed by atoms with van der Waals surface area (Å²) < 4.78 is 22.5. The van der Waals surface area contributed by atoms with Gasteiger partial charge in [-0.3, -0.25) is 9.89 Å². The molecule has 1 heterocycles. The summed E-state index contributed by atoms with van der Waals surface area (Å²) in [4.78, 5) is 12.5. The zero-order chi connectivity index (χ0) is 19.4. The van der Waals surface area contributed by atoms with E-state index in [2.05, 4.69) is 15.5 Å². The minimum Gasteiger partial charge on any atom is -0.352 e. The monoisotopic (exact) mass is 404 g/mol. The van der Waals surface area contributed by atoms with Gasteiger partial charge in [0.1, 0.15) is 0 Å². The number of amides is 1. The van der Waals surface area contributed by atoms with Gasteiger partial charge in [-0.05, 0) is 36.2 Å². The molecule has 0 saturated heterocycles. The predicted octanol–water partition coefficient (Wildman–Crippen LogP) is 2.35. The number of rotatable bonds is 6. The number of sulfonamides is 1. The molecule has 0 fully saturated rings. The van der Waals surface area contributed by atoms with Crippen LogP contribution in [-0.4, -0.2) is 31.1 Å². The summed E-state index contributed by atoms with van der Waals surface area (Å²) in [6.45, 7) is 0.388. The van der Waals surface area contributed by atoms with E-state index in [0.29, 0.717) is 29.2 Å². The molecule has 0 spiro atoms. The van der Waals surface area contributed by atoms with Crippen molar-refractivity contribution in [2.45, 2.75) is 11.3 Å². The number of hydrogen-bond acceptors (Lipinski definition) is 4. The molecule has 3 aromatic rings. The molecule has 9 heteroatoms. The van der Waals surface area contributed by atoms with Gasteiger partial charge in [-0.15, -0.1) is 0 Å². The maximum atomic E-state index is 12.4. The second-order valence-electron chi connectivity index (χ2n) is 5.86. The second kappa shape index (κ2) is 7.91. The zero-order valence-electron chi connectivity index (χ0n) is 14.1. The maximum Gasteiger partial charge on any atom is 0.255 e. The highest BCUT2D eigenvalue weighted by Gasteiger charge is 2.15. The Hall–Kier alpha value is -2.68. The van der Waals surface area contributed by atoms with Crippen LogP contribution < -0.4 is 10.5 Å². The summed E-state index contributed by atoms with van der Waals surface area (Å²) in [7, 11) is -3.71. The first-order chi connectivity index (χ1) is 12.8. The van der Waals surface area contributed by atoms with Crippen molar-refractivity contribution in [2.24, 2.45) is 5.14 Å². The number of nitrogens with two attached hydrogens (primary N) is 1. The smallest absolute Gasteiger partial charge is 0.255 e. The van der Waals surface area contributed by atoms with Gasteiger partial charge in [0.25, 0.3) is 5.91 Å². The van der Waals surface area contributed by atoms with Gasteiger partial charge >= 0.3 is 0 Å². The lowest BCUT2D eigenvalue weighted by Crippen LogP contribution is -2.25. The molecule has 0 saturated carbocycles. The maximum absolute atomic E-state index is 12.4. The van der Waals surface area contributed by atoms with Crippen LogP contribution in [0.4, 0.5) is 0 Å². The summed E-state index contributed by atoms with van der Waals surface area (Å²) in [6, 6.07) is 13.3. The Morgan fingerprint density at radius 1 is 1.11 bits per heavy atom. The Bertz CT molecular complexity index is 1040. The first-order valence-corrected chi connectivity index (χ1v) is 9.96. The lowest BCUT2D eigenvalue weighted by atomic mass is 10.1. The third kappa shape index (κ3) is 4.73. The zero-order valence-corrected chi connectivity index (χ0v) is 15.7. The van der Waals surface area contributed by atoms with E-state index in [4.69, 9.17) is 16.7 Å². The van der Waals surface area contributed by atoms with Crippen molar-refractivity contribution in [3.05, 3.63) is 70.9 Å². The van der Waals surface area contributed by atoms with Gasteiger partial charge in [0.2, 0.25) is 10.0 Å². The number of primary sulfonamides is 1. The molecule has 7 nitrogen and oxygen atoms in total. The molecule has 3 rings (SSSR count). The fourth-order valence-corrected chi connectivity index (χ4v) is 3.20. The van der Waals surface area contributed by atoms with Crippen LogP contribution in [0.1, 0.15) is 15.9 Å². The Kier molecular flexibility index (Phi) is 5.59. The highest BCUT2D eigenvalue weighted by Crippen LogP contribution is 2.22. The number of benzene rings is 2. The van der Waals surface area contributed by atoms with E-state index in [1.165, 1.54) is 18.3 Å². The third-order valence-electron chi connectivity index (χ3n) is 3.97. The third-order valence-corrected chi connectivity index (χ3v) is 5.15. The van der Waals surface area contributed by atoms with Gasteiger partial charge in [-0.2, -0.15) is 5.10 Å². The molecule has 0 unspecified atom stereocenters. The molecule has 0 radical (unpaired) electrons. The molecule has 2 aromatic carbocycles. The highest BCUT2D eigenvalue weighted by molar-refractivity contribution is 7.89. The quantitative estimate of drug-likeness (QED) is 0.584. The number of H-pyrrole nitrogens is 1. The van der Waals surface area contributed by atoms with Crippen molar-refractivity contribution in [1.29, 1.82) is 0 Å². The Morgan fingerprint density at radius 2 is 1.78 bits per heavy atom. The van der Waals surface area contributed by atoms with E-state index in [9.17, 15) is 13.2 Å². The van der Waals surface area contributed by atoms with Gasteiger partial charge in [0.15, 0.2) is 0 Å². The first-order valence-electron chi connectivity index (χ1n) is 8.04. The van der Waals surface area contributed by atoms with Gasteiger partial charge < -0.3 is 5.32 Å². The van der Waals surface area contributed by atoms with Gasteiger partial charge in [-0.1, -0.05) is 35.9 Å². The molecule has 0 aliphatic carbocycles. The van der Waals surface area contributed by atoms with Gasteiger partial charge in [0.05, 0.1) is 22.3 Å². The van der Waals surface area contributed by atoms with E-state index < -0.39 is 10.0 Å². The van der Waals surface area contributed by atoms with Crippen molar-refractivity contribution in [2.75, 3.05) is 6.54 Å². The summed E-state index contributed by atoms with van der Waals surface area (Å²) >= 11 is 5.89. The highest BCUT2D eigenvalue weighted by atomic mass is 35.5. The molecule has 0 atom stereocenters. The Labute approximate surface area is 161 Å². The van der Waals surface area contributed by atoms with Crippen LogP contribution in [0.2, 0.25) is 5.02 Å². The van der Waals surface area contributed by atoms with E-state index in [-0.39, 0.29) is 10.8 Å². The standard InChI is InChI=1S/C18H17ClN4O3S/c19-14-5-3-13(4-6-14)17-16(11-22-23-17)18(24)21-10-9-12-1-7-15(8-2-12)27(20,25)26/h1-8,11H,9-10H2,(H,21,24)(H,22,23)(H2,20,25,26).